The van der Waals surface area contributed by atoms with E-state index in [0.717, 1.165) is 6.07 Å². The fraction of sp³-hybridized carbons (Fsp3) is 0.455. The molecule has 1 aliphatic rings. The van der Waals surface area contributed by atoms with Crippen molar-refractivity contribution in [1.29, 1.82) is 0 Å². The van der Waals surface area contributed by atoms with Crippen molar-refractivity contribution in [2.45, 2.75) is 12.5 Å². The summed E-state index contributed by atoms with van der Waals surface area (Å²) in [5, 5.41) is 2.62. The van der Waals surface area contributed by atoms with Crippen molar-refractivity contribution in [3.63, 3.8) is 0 Å². The number of halogens is 2. The molecule has 9 heteroatoms. The molecule has 1 aromatic heterocycles. The highest BCUT2D eigenvalue weighted by molar-refractivity contribution is 5.67. The van der Waals surface area contributed by atoms with E-state index in [9.17, 15) is 13.6 Å². The first-order chi connectivity index (χ1) is 9.55. The van der Waals surface area contributed by atoms with E-state index in [1.165, 1.54) is 7.11 Å². The number of ether oxygens (including phenoxy) is 1. The van der Waals surface area contributed by atoms with Gasteiger partial charge in [-0.1, -0.05) is 0 Å². The molecule has 7 nitrogen and oxygen atoms in total. The van der Waals surface area contributed by atoms with E-state index < -0.39 is 17.7 Å². The summed E-state index contributed by atoms with van der Waals surface area (Å²) in [5.74, 6) is 3.23. The molecular weight excluding hydrogens is 272 g/mol. The summed E-state index contributed by atoms with van der Waals surface area (Å²) in [6.07, 6.45) is 0.0626. The first kappa shape index (κ1) is 14.3. The zero-order chi connectivity index (χ0) is 14.7. The van der Waals surface area contributed by atoms with Gasteiger partial charge in [0.25, 0.3) is 0 Å². The van der Waals surface area contributed by atoms with Crippen molar-refractivity contribution in [1.82, 2.24) is 10.3 Å². The van der Waals surface area contributed by atoms with Crippen LogP contribution in [0.15, 0.2) is 6.07 Å². The normalized spacial score (nSPS) is 18.0. The van der Waals surface area contributed by atoms with Crippen molar-refractivity contribution in [2.24, 2.45) is 5.84 Å². The van der Waals surface area contributed by atoms with Gasteiger partial charge in [-0.05, 0) is 6.42 Å². The number of nitrogens with two attached hydrogens (primary N) is 1. The minimum Gasteiger partial charge on any atom is -0.453 e. The van der Waals surface area contributed by atoms with E-state index in [1.54, 1.807) is 4.90 Å². The second kappa shape index (κ2) is 5.87. The highest BCUT2D eigenvalue weighted by Gasteiger charge is 2.27. The number of carbonyl (C=O) groups excluding carboxylic acids is 1. The lowest BCUT2D eigenvalue weighted by atomic mass is 10.3. The third kappa shape index (κ3) is 2.87. The van der Waals surface area contributed by atoms with Crippen LogP contribution < -0.4 is 21.5 Å². The number of methoxy groups -OCH3 is 1. The van der Waals surface area contributed by atoms with E-state index in [-0.39, 0.29) is 17.7 Å². The first-order valence-electron chi connectivity index (χ1n) is 5.97. The Bertz CT molecular complexity index is 514. The second-order valence-electron chi connectivity index (χ2n) is 4.34. The molecule has 110 valence electrons. The number of hydrazine groups is 1. The maximum absolute atomic E-state index is 13.7. The van der Waals surface area contributed by atoms with Crippen molar-refractivity contribution in [2.75, 3.05) is 30.5 Å². The molecule has 1 unspecified atom stereocenters. The third-order valence-electron chi connectivity index (χ3n) is 3.04. The molecule has 20 heavy (non-hydrogen) atoms. The monoisotopic (exact) mass is 287 g/mol. The van der Waals surface area contributed by atoms with Gasteiger partial charge in [0.2, 0.25) is 0 Å². The molecule has 4 N–H and O–H groups in total. The van der Waals surface area contributed by atoms with Gasteiger partial charge < -0.3 is 20.4 Å². The van der Waals surface area contributed by atoms with Crippen LogP contribution in [0.2, 0.25) is 0 Å². The van der Waals surface area contributed by atoms with Crippen LogP contribution >= 0.6 is 0 Å². The Balaban J connectivity index is 2.11. The molecule has 1 aromatic rings. The molecule has 1 amide bonds. The van der Waals surface area contributed by atoms with Gasteiger partial charge in [-0.25, -0.2) is 24.4 Å². The van der Waals surface area contributed by atoms with E-state index >= 15 is 0 Å². The van der Waals surface area contributed by atoms with Crippen LogP contribution in [-0.4, -0.2) is 37.3 Å². The van der Waals surface area contributed by atoms with Crippen LogP contribution in [0.25, 0.3) is 0 Å². The molecule has 2 rings (SSSR count). The summed E-state index contributed by atoms with van der Waals surface area (Å²) >= 11 is 0. The molecule has 0 bridgehead atoms. The lowest BCUT2D eigenvalue weighted by molar-refractivity contribution is 0.167. The summed E-state index contributed by atoms with van der Waals surface area (Å²) in [7, 11) is 1.27. The molecule has 1 atom stereocenters. The minimum absolute atomic E-state index is 0.00600. The summed E-state index contributed by atoms with van der Waals surface area (Å²) < 4.78 is 31.5. The predicted octanol–water partition coefficient (Wildman–Crippen LogP) is 0.580. The number of hydrogen-bond acceptors (Lipinski definition) is 6. The molecule has 2 heterocycles. The standard InChI is InChI=1S/C11H15F2N5O2/c1-20-11(19)15-6-2-3-18(5-6)10-8(13)4-7(12)9(16-10)17-14/h4,6H,2-3,5,14H2,1H3,(H,15,19)(H,16,17). The van der Waals surface area contributed by atoms with E-state index in [0.29, 0.717) is 19.5 Å². The van der Waals surface area contributed by atoms with Gasteiger partial charge in [0, 0.05) is 19.2 Å². The topological polar surface area (TPSA) is 92.5 Å². The van der Waals surface area contributed by atoms with Crippen LogP contribution in [0.5, 0.6) is 0 Å². The zero-order valence-electron chi connectivity index (χ0n) is 10.8. The lowest BCUT2D eigenvalue weighted by Crippen LogP contribution is -2.37. The number of carbonyl (C=O) groups is 1. The van der Waals surface area contributed by atoms with Crippen molar-refractivity contribution >= 4 is 17.7 Å². The SMILES string of the molecule is COC(=O)NC1CCN(c2nc(NN)c(F)cc2F)C1. The fourth-order valence-electron chi connectivity index (χ4n) is 2.08. The van der Waals surface area contributed by atoms with E-state index in [4.69, 9.17) is 5.84 Å². The van der Waals surface area contributed by atoms with Crippen LogP contribution in [-0.2, 0) is 4.74 Å². The molecule has 1 saturated heterocycles. The number of alkyl carbamates (subject to hydrolysis) is 1. The Morgan fingerprint density at radius 2 is 2.30 bits per heavy atom. The Kier molecular flexibility index (Phi) is 4.18. The molecule has 0 aromatic carbocycles. The van der Waals surface area contributed by atoms with Gasteiger partial charge in [0.1, 0.15) is 0 Å². The van der Waals surface area contributed by atoms with Crippen LogP contribution in [0, 0.1) is 11.6 Å². The number of aromatic nitrogens is 1. The Labute approximate surface area is 114 Å². The predicted molar refractivity (Wildman–Crippen MR) is 68.1 cm³/mol. The quantitative estimate of drug-likeness (QED) is 0.556. The number of nitrogens with zero attached hydrogens (tertiary/aromatic N) is 2. The minimum atomic E-state index is -0.864. The van der Waals surface area contributed by atoms with Crippen LogP contribution in [0.3, 0.4) is 0 Å². The maximum Gasteiger partial charge on any atom is 0.407 e. The summed E-state index contributed by atoms with van der Waals surface area (Å²) in [5.41, 5.74) is 2.07. The molecule has 0 aliphatic carbocycles. The number of hydrogen-bond donors (Lipinski definition) is 3. The lowest BCUT2D eigenvalue weighted by Gasteiger charge is -2.19. The number of anilines is 2. The molecule has 0 saturated carbocycles. The van der Waals surface area contributed by atoms with Gasteiger partial charge in [0.15, 0.2) is 23.3 Å². The number of rotatable bonds is 3. The average Bonchev–Trinajstić information content (AvgIpc) is 2.87. The number of amides is 1. The van der Waals surface area contributed by atoms with Crippen LogP contribution in [0.1, 0.15) is 6.42 Å². The van der Waals surface area contributed by atoms with Crippen LogP contribution in [0.4, 0.5) is 25.2 Å². The Morgan fingerprint density at radius 1 is 1.55 bits per heavy atom. The van der Waals surface area contributed by atoms with E-state index in [1.807, 2.05) is 0 Å². The van der Waals surface area contributed by atoms with Gasteiger partial charge in [-0.15, -0.1) is 0 Å². The van der Waals surface area contributed by atoms with Crippen molar-refractivity contribution in [3.05, 3.63) is 17.7 Å². The molecule has 0 spiro atoms. The first-order valence-corrected chi connectivity index (χ1v) is 5.97. The Hall–Kier alpha value is -2.16. The largest absolute Gasteiger partial charge is 0.453 e. The summed E-state index contributed by atoms with van der Waals surface area (Å²) in [4.78, 5) is 16.5. The van der Waals surface area contributed by atoms with E-state index in [2.05, 4.69) is 20.5 Å². The van der Waals surface area contributed by atoms with Gasteiger partial charge >= 0.3 is 6.09 Å². The summed E-state index contributed by atoms with van der Waals surface area (Å²) in [6.45, 7) is 0.836. The fourth-order valence-corrected chi connectivity index (χ4v) is 2.08. The van der Waals surface area contributed by atoms with Crippen molar-refractivity contribution < 1.29 is 18.3 Å². The zero-order valence-corrected chi connectivity index (χ0v) is 10.8. The molecule has 1 fully saturated rings. The number of nitrogen functional groups attached to an aromatic ring is 1. The second-order valence-corrected chi connectivity index (χ2v) is 4.34. The molecule has 1 aliphatic heterocycles. The van der Waals surface area contributed by atoms with Gasteiger partial charge in [0.05, 0.1) is 13.2 Å². The van der Waals surface area contributed by atoms with Gasteiger partial charge in [-0.3, -0.25) is 0 Å². The smallest absolute Gasteiger partial charge is 0.407 e. The molecule has 0 radical (unpaired) electrons. The summed E-state index contributed by atoms with van der Waals surface area (Å²) in [6, 6.07) is 0.543. The van der Waals surface area contributed by atoms with Crippen molar-refractivity contribution in [3.8, 4) is 0 Å². The highest BCUT2D eigenvalue weighted by Crippen LogP contribution is 2.25. The Morgan fingerprint density at radius 3 is 2.95 bits per heavy atom. The number of pyridine rings is 1. The van der Waals surface area contributed by atoms with Gasteiger partial charge in [-0.2, -0.15) is 0 Å². The average molecular weight is 287 g/mol. The third-order valence-corrected chi connectivity index (χ3v) is 3.04. The highest BCUT2D eigenvalue weighted by atomic mass is 19.1. The maximum atomic E-state index is 13.7. The molecular formula is C11H15F2N5O2. The number of nitrogens with one attached hydrogen (secondary N) is 2.